The largest absolute Gasteiger partial charge is 0.494 e. The van der Waals surface area contributed by atoms with Gasteiger partial charge in [0.15, 0.2) is 0 Å². The van der Waals surface area contributed by atoms with E-state index in [0.29, 0.717) is 6.61 Å². The lowest BCUT2D eigenvalue weighted by atomic mass is 10.0. The van der Waals surface area contributed by atoms with E-state index >= 15 is 0 Å². The van der Waals surface area contributed by atoms with E-state index in [1.165, 1.54) is 0 Å². The minimum absolute atomic E-state index is 0.0997. The quantitative estimate of drug-likeness (QED) is 0.838. The molecule has 0 aliphatic heterocycles. The van der Waals surface area contributed by atoms with Crippen LogP contribution < -0.4 is 10.1 Å². The van der Waals surface area contributed by atoms with E-state index < -0.39 is 0 Å². The molecule has 2 rings (SSSR count). The second kappa shape index (κ2) is 7.41. The zero-order valence-electron chi connectivity index (χ0n) is 12.3. The predicted octanol–water partition coefficient (Wildman–Crippen LogP) is 3.94. The van der Waals surface area contributed by atoms with Crippen LogP contribution in [0.15, 0.2) is 29.6 Å². The number of para-hydroxylation sites is 1. The van der Waals surface area contributed by atoms with Crippen LogP contribution in [0.4, 0.5) is 0 Å². The Morgan fingerprint density at radius 3 is 2.75 bits per heavy atom. The fourth-order valence-electron chi connectivity index (χ4n) is 2.18. The maximum atomic E-state index is 5.76. The number of hydrogen-bond acceptors (Lipinski definition) is 4. The van der Waals surface area contributed by atoms with Crippen LogP contribution in [0.5, 0.6) is 5.75 Å². The summed E-state index contributed by atoms with van der Waals surface area (Å²) in [5.41, 5.74) is 2.24. The monoisotopic (exact) mass is 290 g/mol. The second-order valence-electron chi connectivity index (χ2n) is 4.65. The number of rotatable bonds is 7. The topological polar surface area (TPSA) is 34.2 Å². The SMILES string of the molecule is CCCNC(c1csc(C)n1)c1ccccc1OCC. The van der Waals surface area contributed by atoms with Gasteiger partial charge in [0.25, 0.3) is 0 Å². The van der Waals surface area contributed by atoms with Gasteiger partial charge in [0.05, 0.1) is 23.4 Å². The van der Waals surface area contributed by atoms with E-state index in [4.69, 9.17) is 4.74 Å². The number of nitrogens with one attached hydrogen (secondary N) is 1. The summed E-state index contributed by atoms with van der Waals surface area (Å²) < 4.78 is 5.76. The van der Waals surface area contributed by atoms with Crippen LogP contribution >= 0.6 is 11.3 Å². The maximum absolute atomic E-state index is 5.76. The fraction of sp³-hybridized carbons (Fsp3) is 0.438. The Morgan fingerprint density at radius 1 is 1.30 bits per heavy atom. The average Bonchev–Trinajstić information content (AvgIpc) is 2.88. The summed E-state index contributed by atoms with van der Waals surface area (Å²) in [6.07, 6.45) is 1.09. The van der Waals surface area contributed by atoms with Crippen molar-refractivity contribution in [3.05, 3.63) is 45.9 Å². The van der Waals surface area contributed by atoms with E-state index in [-0.39, 0.29) is 6.04 Å². The average molecular weight is 290 g/mol. The maximum Gasteiger partial charge on any atom is 0.124 e. The molecule has 0 spiro atoms. The summed E-state index contributed by atoms with van der Waals surface area (Å²) in [6, 6.07) is 8.31. The fourth-order valence-corrected chi connectivity index (χ4v) is 2.82. The lowest BCUT2D eigenvalue weighted by molar-refractivity contribution is 0.333. The van der Waals surface area contributed by atoms with E-state index in [0.717, 1.165) is 35.0 Å². The molecule has 4 heteroatoms. The molecule has 0 saturated heterocycles. The van der Waals surface area contributed by atoms with Crippen LogP contribution in [0.1, 0.15) is 42.6 Å². The molecule has 1 aromatic carbocycles. The molecule has 20 heavy (non-hydrogen) atoms. The molecule has 0 amide bonds. The molecule has 0 fully saturated rings. The van der Waals surface area contributed by atoms with E-state index in [9.17, 15) is 0 Å². The Labute approximate surface area is 125 Å². The Balaban J connectivity index is 2.35. The minimum atomic E-state index is 0.0997. The smallest absolute Gasteiger partial charge is 0.124 e. The molecular weight excluding hydrogens is 268 g/mol. The first-order valence-electron chi connectivity index (χ1n) is 7.13. The van der Waals surface area contributed by atoms with Crippen molar-refractivity contribution in [2.24, 2.45) is 0 Å². The van der Waals surface area contributed by atoms with Gasteiger partial charge in [0.1, 0.15) is 5.75 Å². The van der Waals surface area contributed by atoms with Crippen molar-refractivity contribution in [2.45, 2.75) is 33.2 Å². The van der Waals surface area contributed by atoms with Gasteiger partial charge in [-0.25, -0.2) is 4.98 Å². The third-order valence-corrected chi connectivity index (χ3v) is 3.85. The van der Waals surface area contributed by atoms with Crippen LogP contribution in [0.25, 0.3) is 0 Å². The van der Waals surface area contributed by atoms with Gasteiger partial charge in [-0.05, 0) is 32.9 Å². The van der Waals surface area contributed by atoms with Gasteiger partial charge in [-0.3, -0.25) is 0 Å². The number of thiazole rings is 1. The number of ether oxygens (including phenoxy) is 1. The zero-order chi connectivity index (χ0) is 14.4. The molecule has 3 nitrogen and oxygen atoms in total. The molecule has 0 saturated carbocycles. The summed E-state index contributed by atoms with van der Waals surface area (Å²) in [5, 5.41) is 6.80. The van der Waals surface area contributed by atoms with Gasteiger partial charge in [-0.1, -0.05) is 25.1 Å². The number of nitrogens with zero attached hydrogens (tertiary/aromatic N) is 1. The van der Waals surface area contributed by atoms with E-state index in [2.05, 4.69) is 34.7 Å². The highest BCUT2D eigenvalue weighted by Crippen LogP contribution is 2.30. The van der Waals surface area contributed by atoms with Gasteiger partial charge >= 0.3 is 0 Å². The van der Waals surface area contributed by atoms with Crippen molar-refractivity contribution in [1.82, 2.24) is 10.3 Å². The molecule has 1 heterocycles. The highest BCUT2D eigenvalue weighted by atomic mass is 32.1. The molecule has 1 N–H and O–H groups in total. The number of hydrogen-bond donors (Lipinski definition) is 1. The van der Waals surface area contributed by atoms with Crippen molar-refractivity contribution in [2.75, 3.05) is 13.2 Å². The lowest BCUT2D eigenvalue weighted by Crippen LogP contribution is -2.24. The summed E-state index contributed by atoms with van der Waals surface area (Å²) in [7, 11) is 0. The van der Waals surface area contributed by atoms with Crippen LogP contribution in [-0.4, -0.2) is 18.1 Å². The summed E-state index contributed by atoms with van der Waals surface area (Å²) in [4.78, 5) is 4.64. The molecule has 0 bridgehead atoms. The van der Waals surface area contributed by atoms with Crippen molar-refractivity contribution in [3.63, 3.8) is 0 Å². The summed E-state index contributed by atoms with van der Waals surface area (Å²) in [6.45, 7) is 7.86. The van der Waals surface area contributed by atoms with Crippen LogP contribution in [0.3, 0.4) is 0 Å². The zero-order valence-corrected chi connectivity index (χ0v) is 13.2. The normalized spacial score (nSPS) is 12.3. The lowest BCUT2D eigenvalue weighted by Gasteiger charge is -2.20. The molecule has 2 aromatic rings. The van der Waals surface area contributed by atoms with Gasteiger partial charge in [-0.2, -0.15) is 0 Å². The van der Waals surface area contributed by atoms with Crippen molar-refractivity contribution >= 4 is 11.3 Å². The number of benzene rings is 1. The molecule has 108 valence electrons. The van der Waals surface area contributed by atoms with E-state index in [1.807, 2.05) is 26.0 Å². The van der Waals surface area contributed by atoms with Crippen molar-refractivity contribution in [3.8, 4) is 5.75 Å². The Hall–Kier alpha value is -1.39. The molecule has 0 aliphatic carbocycles. The third-order valence-electron chi connectivity index (χ3n) is 3.06. The molecule has 0 radical (unpaired) electrons. The van der Waals surface area contributed by atoms with Crippen molar-refractivity contribution in [1.29, 1.82) is 0 Å². The Morgan fingerprint density at radius 2 is 2.10 bits per heavy atom. The van der Waals surface area contributed by atoms with Gasteiger partial charge in [0.2, 0.25) is 0 Å². The first kappa shape index (κ1) is 15.0. The van der Waals surface area contributed by atoms with Gasteiger partial charge in [0, 0.05) is 10.9 Å². The molecule has 1 atom stereocenters. The first-order valence-corrected chi connectivity index (χ1v) is 8.01. The molecule has 1 unspecified atom stereocenters. The Bertz CT molecular complexity index is 539. The van der Waals surface area contributed by atoms with Crippen molar-refractivity contribution < 1.29 is 4.74 Å². The molecule has 0 aliphatic rings. The Kier molecular flexibility index (Phi) is 5.56. The third kappa shape index (κ3) is 3.58. The second-order valence-corrected chi connectivity index (χ2v) is 5.71. The van der Waals surface area contributed by atoms with Crippen LogP contribution in [0.2, 0.25) is 0 Å². The standard InChI is InChI=1S/C16H22N2OS/c1-4-10-17-16(14-11-20-12(3)18-14)13-8-6-7-9-15(13)19-5-2/h6-9,11,16-17H,4-5,10H2,1-3H3. The summed E-state index contributed by atoms with van der Waals surface area (Å²) >= 11 is 1.69. The molecular formula is C16H22N2OS. The highest BCUT2D eigenvalue weighted by Gasteiger charge is 2.19. The molecule has 1 aromatic heterocycles. The summed E-state index contributed by atoms with van der Waals surface area (Å²) in [5.74, 6) is 0.939. The minimum Gasteiger partial charge on any atom is -0.494 e. The van der Waals surface area contributed by atoms with Gasteiger partial charge in [-0.15, -0.1) is 11.3 Å². The van der Waals surface area contributed by atoms with E-state index in [1.54, 1.807) is 11.3 Å². The van der Waals surface area contributed by atoms with Crippen LogP contribution in [0, 0.1) is 6.92 Å². The number of aromatic nitrogens is 1. The van der Waals surface area contributed by atoms with Crippen LogP contribution in [-0.2, 0) is 0 Å². The predicted molar refractivity (Wildman–Crippen MR) is 84.6 cm³/mol. The van der Waals surface area contributed by atoms with Gasteiger partial charge < -0.3 is 10.1 Å². The highest BCUT2D eigenvalue weighted by molar-refractivity contribution is 7.09. The first-order chi connectivity index (χ1) is 9.76. The number of aryl methyl sites for hydroxylation is 1.